The molecule has 0 bridgehead atoms. The summed E-state index contributed by atoms with van der Waals surface area (Å²) in [5.74, 6) is 1.66. The fraction of sp³-hybridized carbons (Fsp3) is 0.300. The first-order valence-corrected chi connectivity index (χ1v) is 10.2. The van der Waals surface area contributed by atoms with Gasteiger partial charge < -0.3 is 9.15 Å². The van der Waals surface area contributed by atoms with Crippen LogP contribution in [0.25, 0.3) is 0 Å². The fourth-order valence-electron chi connectivity index (χ4n) is 3.23. The summed E-state index contributed by atoms with van der Waals surface area (Å²) in [7, 11) is 1.67. The third-order valence-electron chi connectivity index (χ3n) is 4.54. The molecule has 150 valence electrons. The SMILES string of the molecule is COCCn1nnnc1C(c1cccs1)N(Cc1cccnc1)Cc1ccco1. The monoisotopic (exact) mass is 410 g/mol. The average molecular weight is 411 g/mol. The quantitative estimate of drug-likeness (QED) is 0.397. The van der Waals surface area contributed by atoms with Gasteiger partial charge in [0.15, 0.2) is 5.82 Å². The van der Waals surface area contributed by atoms with Crippen LogP contribution >= 0.6 is 11.3 Å². The van der Waals surface area contributed by atoms with Crippen LogP contribution in [0.5, 0.6) is 0 Å². The average Bonchev–Trinajstić information content (AvgIpc) is 3.51. The molecular weight excluding hydrogens is 388 g/mol. The lowest BCUT2D eigenvalue weighted by molar-refractivity contribution is 0.165. The summed E-state index contributed by atoms with van der Waals surface area (Å²) in [6, 6.07) is 11.9. The largest absolute Gasteiger partial charge is 0.468 e. The van der Waals surface area contributed by atoms with Crippen molar-refractivity contribution < 1.29 is 9.15 Å². The van der Waals surface area contributed by atoms with Crippen molar-refractivity contribution in [2.45, 2.75) is 25.7 Å². The predicted molar refractivity (Wildman–Crippen MR) is 108 cm³/mol. The smallest absolute Gasteiger partial charge is 0.173 e. The summed E-state index contributed by atoms with van der Waals surface area (Å²) in [5.41, 5.74) is 1.11. The van der Waals surface area contributed by atoms with Crippen molar-refractivity contribution in [1.29, 1.82) is 0 Å². The van der Waals surface area contributed by atoms with Gasteiger partial charge in [-0.05, 0) is 45.6 Å². The number of hydrogen-bond donors (Lipinski definition) is 0. The van der Waals surface area contributed by atoms with Crippen LogP contribution in [-0.4, -0.2) is 43.8 Å². The van der Waals surface area contributed by atoms with Crippen molar-refractivity contribution in [1.82, 2.24) is 30.1 Å². The molecule has 9 heteroatoms. The van der Waals surface area contributed by atoms with E-state index in [2.05, 4.69) is 42.9 Å². The molecule has 1 atom stereocenters. The van der Waals surface area contributed by atoms with Crippen LogP contribution in [0, 0.1) is 0 Å². The van der Waals surface area contributed by atoms with Crippen LogP contribution in [-0.2, 0) is 24.4 Å². The van der Waals surface area contributed by atoms with Gasteiger partial charge in [-0.25, -0.2) is 4.68 Å². The number of ether oxygens (including phenoxy) is 1. The number of tetrazole rings is 1. The lowest BCUT2D eigenvalue weighted by atomic mass is 10.1. The van der Waals surface area contributed by atoms with Gasteiger partial charge in [-0.3, -0.25) is 9.88 Å². The third-order valence-corrected chi connectivity index (χ3v) is 5.46. The highest BCUT2D eigenvalue weighted by Crippen LogP contribution is 2.33. The second-order valence-electron chi connectivity index (χ2n) is 6.52. The van der Waals surface area contributed by atoms with Crippen LogP contribution in [0.1, 0.15) is 28.1 Å². The van der Waals surface area contributed by atoms with Gasteiger partial charge in [-0.2, -0.15) is 0 Å². The Bertz CT molecular complexity index is 972. The standard InChI is InChI=1S/C20H22N6O2S/c1-27-11-9-26-20(22-23-24-26)19(18-7-4-12-29-18)25(15-17-6-3-10-28-17)14-16-5-2-8-21-13-16/h2-8,10,12-13,19H,9,11,14-15H2,1H3. The first-order chi connectivity index (χ1) is 14.3. The maximum atomic E-state index is 5.65. The van der Waals surface area contributed by atoms with Gasteiger partial charge in [0.25, 0.3) is 0 Å². The highest BCUT2D eigenvalue weighted by atomic mass is 32.1. The molecular formula is C20H22N6O2S. The number of furan rings is 1. The number of rotatable bonds is 10. The molecule has 0 aliphatic rings. The summed E-state index contributed by atoms with van der Waals surface area (Å²) in [6.45, 7) is 2.41. The van der Waals surface area contributed by atoms with E-state index in [1.54, 1.807) is 30.9 Å². The Kier molecular flexibility index (Phi) is 6.40. The molecule has 0 aliphatic heterocycles. The minimum atomic E-state index is -0.132. The van der Waals surface area contributed by atoms with E-state index < -0.39 is 0 Å². The Labute approximate surface area is 172 Å². The van der Waals surface area contributed by atoms with Gasteiger partial charge in [0.05, 0.1) is 26.0 Å². The Hall–Kier alpha value is -2.88. The summed E-state index contributed by atoms with van der Waals surface area (Å²) in [5, 5.41) is 14.6. The molecule has 0 radical (unpaired) electrons. The molecule has 0 amide bonds. The normalized spacial score (nSPS) is 12.5. The van der Waals surface area contributed by atoms with Crippen molar-refractivity contribution >= 4 is 11.3 Å². The molecule has 0 aromatic carbocycles. The highest BCUT2D eigenvalue weighted by Gasteiger charge is 2.29. The first-order valence-electron chi connectivity index (χ1n) is 9.29. The van der Waals surface area contributed by atoms with E-state index in [9.17, 15) is 0 Å². The van der Waals surface area contributed by atoms with E-state index in [4.69, 9.17) is 9.15 Å². The fourth-order valence-corrected chi connectivity index (χ4v) is 4.08. The van der Waals surface area contributed by atoms with E-state index in [-0.39, 0.29) is 6.04 Å². The Balaban J connectivity index is 1.73. The first kappa shape index (κ1) is 19.4. The lowest BCUT2D eigenvalue weighted by Crippen LogP contribution is -2.31. The molecule has 0 N–H and O–H groups in total. The molecule has 0 aliphatic carbocycles. The molecule has 29 heavy (non-hydrogen) atoms. The molecule has 4 rings (SSSR count). The zero-order valence-corrected chi connectivity index (χ0v) is 16.9. The number of methoxy groups -OCH3 is 1. The van der Waals surface area contributed by atoms with Crippen LogP contribution in [0.2, 0.25) is 0 Å². The van der Waals surface area contributed by atoms with E-state index in [1.807, 2.05) is 35.1 Å². The van der Waals surface area contributed by atoms with Gasteiger partial charge in [-0.1, -0.05) is 12.1 Å². The van der Waals surface area contributed by atoms with E-state index in [0.29, 0.717) is 26.2 Å². The van der Waals surface area contributed by atoms with Crippen LogP contribution in [0.3, 0.4) is 0 Å². The van der Waals surface area contributed by atoms with Crippen molar-refractivity contribution in [3.8, 4) is 0 Å². The zero-order valence-electron chi connectivity index (χ0n) is 16.1. The predicted octanol–water partition coefficient (Wildman–Crippen LogP) is 3.16. The number of nitrogens with zero attached hydrogens (tertiary/aromatic N) is 6. The second kappa shape index (κ2) is 9.55. The highest BCUT2D eigenvalue weighted by molar-refractivity contribution is 7.10. The van der Waals surface area contributed by atoms with Gasteiger partial charge in [0, 0.05) is 30.9 Å². The number of thiophene rings is 1. The van der Waals surface area contributed by atoms with Gasteiger partial charge >= 0.3 is 0 Å². The topological polar surface area (TPSA) is 82.1 Å². The number of pyridine rings is 1. The lowest BCUT2D eigenvalue weighted by Gasteiger charge is -2.29. The molecule has 4 heterocycles. The van der Waals surface area contributed by atoms with Gasteiger partial charge in [-0.15, -0.1) is 16.4 Å². The summed E-state index contributed by atoms with van der Waals surface area (Å²) in [4.78, 5) is 7.73. The van der Waals surface area contributed by atoms with E-state index in [1.165, 1.54) is 0 Å². The van der Waals surface area contributed by atoms with Crippen molar-refractivity contribution in [3.05, 3.63) is 82.5 Å². The Morgan fingerprint density at radius 1 is 1.21 bits per heavy atom. The Morgan fingerprint density at radius 2 is 2.17 bits per heavy atom. The van der Waals surface area contributed by atoms with Crippen LogP contribution < -0.4 is 0 Å². The van der Waals surface area contributed by atoms with E-state index >= 15 is 0 Å². The van der Waals surface area contributed by atoms with Crippen molar-refractivity contribution in [2.75, 3.05) is 13.7 Å². The minimum Gasteiger partial charge on any atom is -0.468 e. The van der Waals surface area contributed by atoms with Crippen molar-refractivity contribution in [2.24, 2.45) is 0 Å². The maximum absolute atomic E-state index is 5.65. The molecule has 0 saturated heterocycles. The molecule has 4 aromatic rings. The van der Waals surface area contributed by atoms with Gasteiger partial charge in [0.2, 0.25) is 0 Å². The third kappa shape index (κ3) is 4.76. The summed E-state index contributed by atoms with van der Waals surface area (Å²) < 4.78 is 12.7. The van der Waals surface area contributed by atoms with E-state index in [0.717, 1.165) is 22.0 Å². The number of aromatic nitrogens is 5. The summed E-state index contributed by atoms with van der Waals surface area (Å²) >= 11 is 1.69. The molecule has 0 spiro atoms. The molecule has 8 nitrogen and oxygen atoms in total. The van der Waals surface area contributed by atoms with Crippen LogP contribution in [0.15, 0.2) is 64.9 Å². The number of hydrogen-bond acceptors (Lipinski definition) is 8. The zero-order chi connectivity index (χ0) is 19.9. The molecule has 0 fully saturated rings. The molecule has 1 unspecified atom stereocenters. The van der Waals surface area contributed by atoms with Crippen LogP contribution in [0.4, 0.5) is 0 Å². The Morgan fingerprint density at radius 3 is 2.90 bits per heavy atom. The second-order valence-corrected chi connectivity index (χ2v) is 7.50. The van der Waals surface area contributed by atoms with Gasteiger partial charge in [0.1, 0.15) is 11.8 Å². The summed E-state index contributed by atoms with van der Waals surface area (Å²) in [6.07, 6.45) is 5.36. The van der Waals surface area contributed by atoms with Crippen molar-refractivity contribution in [3.63, 3.8) is 0 Å². The maximum Gasteiger partial charge on any atom is 0.173 e. The molecule has 4 aromatic heterocycles. The molecule has 0 saturated carbocycles. The minimum absolute atomic E-state index is 0.132.